The van der Waals surface area contributed by atoms with Gasteiger partial charge in [0, 0.05) is 22.8 Å². The first-order valence-corrected chi connectivity index (χ1v) is 4.67. The topological polar surface area (TPSA) is 54.1 Å². The third-order valence-corrected chi connectivity index (χ3v) is 2.22. The molecular weight excluding hydrogens is 192 g/mol. The zero-order valence-electron chi connectivity index (χ0n) is 8.41. The molecule has 0 radical (unpaired) electrons. The average molecular weight is 204 g/mol. The second kappa shape index (κ2) is 4.04. The SMILES string of the molecule is COC(=O)CNc1ccc2[nH]ccc2c1. The van der Waals surface area contributed by atoms with Crippen molar-refractivity contribution in [2.24, 2.45) is 0 Å². The van der Waals surface area contributed by atoms with Gasteiger partial charge in [0.05, 0.1) is 7.11 Å². The van der Waals surface area contributed by atoms with E-state index in [9.17, 15) is 4.79 Å². The Morgan fingerprint density at radius 2 is 2.33 bits per heavy atom. The lowest BCUT2D eigenvalue weighted by Crippen LogP contribution is -2.14. The number of fused-ring (bicyclic) bond motifs is 1. The van der Waals surface area contributed by atoms with Crippen molar-refractivity contribution in [1.82, 2.24) is 4.98 Å². The van der Waals surface area contributed by atoms with Crippen LogP contribution in [0.2, 0.25) is 0 Å². The Bertz CT molecular complexity index is 476. The van der Waals surface area contributed by atoms with E-state index in [-0.39, 0.29) is 12.5 Å². The molecule has 4 heteroatoms. The van der Waals surface area contributed by atoms with Crippen LogP contribution in [0.5, 0.6) is 0 Å². The van der Waals surface area contributed by atoms with Gasteiger partial charge in [-0.2, -0.15) is 0 Å². The first-order chi connectivity index (χ1) is 7.29. The summed E-state index contributed by atoms with van der Waals surface area (Å²) in [5.41, 5.74) is 1.99. The Morgan fingerprint density at radius 1 is 1.47 bits per heavy atom. The molecule has 2 N–H and O–H groups in total. The van der Waals surface area contributed by atoms with Gasteiger partial charge in [-0.25, -0.2) is 0 Å². The predicted octanol–water partition coefficient (Wildman–Crippen LogP) is 1.75. The van der Waals surface area contributed by atoms with E-state index in [1.165, 1.54) is 7.11 Å². The van der Waals surface area contributed by atoms with Crippen LogP contribution in [-0.2, 0) is 9.53 Å². The molecular formula is C11H12N2O2. The lowest BCUT2D eigenvalue weighted by atomic mass is 10.2. The molecule has 1 aromatic carbocycles. The van der Waals surface area contributed by atoms with Gasteiger partial charge in [0.1, 0.15) is 6.54 Å². The Kier molecular flexibility index (Phi) is 2.58. The van der Waals surface area contributed by atoms with Crippen LogP contribution in [0.3, 0.4) is 0 Å². The highest BCUT2D eigenvalue weighted by Gasteiger charge is 2.00. The van der Waals surface area contributed by atoms with Crippen LogP contribution >= 0.6 is 0 Å². The molecule has 2 rings (SSSR count). The zero-order chi connectivity index (χ0) is 10.7. The normalized spacial score (nSPS) is 10.2. The lowest BCUT2D eigenvalue weighted by Gasteiger charge is -2.04. The molecule has 0 unspecified atom stereocenters. The zero-order valence-corrected chi connectivity index (χ0v) is 8.41. The maximum Gasteiger partial charge on any atom is 0.325 e. The Hall–Kier alpha value is -1.97. The van der Waals surface area contributed by atoms with Crippen molar-refractivity contribution < 1.29 is 9.53 Å². The third kappa shape index (κ3) is 2.10. The minimum Gasteiger partial charge on any atom is -0.468 e. The van der Waals surface area contributed by atoms with Crippen molar-refractivity contribution in [3.8, 4) is 0 Å². The molecule has 1 aromatic heterocycles. The van der Waals surface area contributed by atoms with Crippen LogP contribution in [0.1, 0.15) is 0 Å². The largest absolute Gasteiger partial charge is 0.468 e. The molecule has 0 aliphatic rings. The number of hydrogen-bond donors (Lipinski definition) is 2. The minimum absolute atomic E-state index is 0.187. The summed E-state index contributed by atoms with van der Waals surface area (Å²) in [6.45, 7) is 0.187. The van der Waals surface area contributed by atoms with Gasteiger partial charge in [-0.05, 0) is 24.3 Å². The summed E-state index contributed by atoms with van der Waals surface area (Å²) >= 11 is 0. The summed E-state index contributed by atoms with van der Waals surface area (Å²) < 4.78 is 4.54. The van der Waals surface area contributed by atoms with Gasteiger partial charge < -0.3 is 15.0 Å². The number of ether oxygens (including phenoxy) is 1. The fourth-order valence-electron chi connectivity index (χ4n) is 1.41. The molecule has 2 aromatic rings. The van der Waals surface area contributed by atoms with Crippen molar-refractivity contribution in [2.45, 2.75) is 0 Å². The summed E-state index contributed by atoms with van der Waals surface area (Å²) in [6, 6.07) is 7.85. The number of esters is 1. The van der Waals surface area contributed by atoms with Crippen LogP contribution in [0.25, 0.3) is 10.9 Å². The highest BCUT2D eigenvalue weighted by molar-refractivity contribution is 5.84. The van der Waals surface area contributed by atoms with Gasteiger partial charge in [0.2, 0.25) is 0 Å². The second-order valence-corrected chi connectivity index (χ2v) is 3.21. The number of rotatable bonds is 3. The van der Waals surface area contributed by atoms with Crippen molar-refractivity contribution in [3.63, 3.8) is 0 Å². The van der Waals surface area contributed by atoms with Crippen molar-refractivity contribution in [1.29, 1.82) is 0 Å². The van der Waals surface area contributed by atoms with Crippen LogP contribution < -0.4 is 5.32 Å². The molecule has 0 fully saturated rings. The Morgan fingerprint density at radius 3 is 3.13 bits per heavy atom. The Labute approximate surface area is 87.2 Å². The van der Waals surface area contributed by atoms with Crippen molar-refractivity contribution >= 4 is 22.6 Å². The fourth-order valence-corrected chi connectivity index (χ4v) is 1.41. The molecule has 0 aliphatic carbocycles. The number of aromatic nitrogens is 1. The quantitative estimate of drug-likeness (QED) is 0.749. The number of benzene rings is 1. The number of nitrogens with one attached hydrogen (secondary N) is 2. The van der Waals surface area contributed by atoms with E-state index >= 15 is 0 Å². The lowest BCUT2D eigenvalue weighted by molar-refractivity contribution is -0.138. The molecule has 15 heavy (non-hydrogen) atoms. The van der Waals surface area contributed by atoms with E-state index in [1.54, 1.807) is 0 Å². The van der Waals surface area contributed by atoms with E-state index in [1.807, 2.05) is 30.5 Å². The van der Waals surface area contributed by atoms with Crippen LogP contribution in [-0.4, -0.2) is 24.6 Å². The van der Waals surface area contributed by atoms with E-state index in [2.05, 4.69) is 15.0 Å². The predicted molar refractivity (Wildman–Crippen MR) is 58.8 cm³/mol. The van der Waals surface area contributed by atoms with Crippen LogP contribution in [0, 0.1) is 0 Å². The molecule has 0 saturated carbocycles. The summed E-state index contributed by atoms with van der Waals surface area (Å²) in [7, 11) is 1.37. The number of H-pyrrole nitrogens is 1. The number of methoxy groups -OCH3 is 1. The molecule has 4 nitrogen and oxygen atoms in total. The molecule has 1 heterocycles. The Balaban J connectivity index is 2.11. The first-order valence-electron chi connectivity index (χ1n) is 4.67. The van der Waals surface area contributed by atoms with E-state index < -0.39 is 0 Å². The second-order valence-electron chi connectivity index (χ2n) is 3.21. The maximum atomic E-state index is 10.9. The molecule has 0 spiro atoms. The summed E-state index contributed by atoms with van der Waals surface area (Å²) in [5.74, 6) is -0.274. The maximum absolute atomic E-state index is 10.9. The standard InChI is InChI=1S/C11H12N2O2/c1-15-11(14)7-13-9-2-3-10-8(6-9)4-5-12-10/h2-6,12-13H,7H2,1H3. The van der Waals surface area contributed by atoms with Gasteiger partial charge in [-0.1, -0.05) is 0 Å². The summed E-state index contributed by atoms with van der Waals surface area (Å²) in [6.07, 6.45) is 1.88. The summed E-state index contributed by atoms with van der Waals surface area (Å²) in [4.78, 5) is 14.0. The molecule has 0 amide bonds. The smallest absolute Gasteiger partial charge is 0.325 e. The number of hydrogen-bond acceptors (Lipinski definition) is 3. The van der Waals surface area contributed by atoms with Crippen molar-refractivity contribution in [2.75, 3.05) is 19.0 Å². The van der Waals surface area contributed by atoms with Crippen LogP contribution in [0.15, 0.2) is 30.5 Å². The van der Waals surface area contributed by atoms with E-state index in [0.717, 1.165) is 16.6 Å². The summed E-state index contributed by atoms with van der Waals surface area (Å²) in [5, 5.41) is 4.10. The average Bonchev–Trinajstić information content (AvgIpc) is 2.72. The number of carbonyl (C=O) groups is 1. The molecule has 0 saturated heterocycles. The number of aromatic amines is 1. The van der Waals surface area contributed by atoms with Gasteiger partial charge in [-0.15, -0.1) is 0 Å². The number of carbonyl (C=O) groups excluding carboxylic acids is 1. The highest BCUT2D eigenvalue weighted by Crippen LogP contribution is 2.17. The van der Waals surface area contributed by atoms with E-state index in [0.29, 0.717) is 0 Å². The number of anilines is 1. The molecule has 0 bridgehead atoms. The van der Waals surface area contributed by atoms with Gasteiger partial charge in [0.15, 0.2) is 0 Å². The van der Waals surface area contributed by atoms with E-state index in [4.69, 9.17) is 0 Å². The van der Waals surface area contributed by atoms with Gasteiger partial charge in [0.25, 0.3) is 0 Å². The monoisotopic (exact) mass is 204 g/mol. The minimum atomic E-state index is -0.274. The molecule has 78 valence electrons. The molecule has 0 aliphatic heterocycles. The van der Waals surface area contributed by atoms with Crippen LogP contribution in [0.4, 0.5) is 5.69 Å². The molecule has 0 atom stereocenters. The highest BCUT2D eigenvalue weighted by atomic mass is 16.5. The van der Waals surface area contributed by atoms with Gasteiger partial charge in [-0.3, -0.25) is 4.79 Å². The fraction of sp³-hybridized carbons (Fsp3) is 0.182. The first kappa shape index (κ1) is 9.58. The third-order valence-electron chi connectivity index (χ3n) is 2.22. The van der Waals surface area contributed by atoms with Crippen molar-refractivity contribution in [3.05, 3.63) is 30.5 Å². The van der Waals surface area contributed by atoms with Gasteiger partial charge >= 0.3 is 5.97 Å².